The Kier molecular flexibility index (Phi) is 4.28. The molecule has 0 saturated carbocycles. The first kappa shape index (κ1) is 14.4. The van der Waals surface area contributed by atoms with Crippen LogP contribution in [0.4, 0.5) is 24.5 Å². The smallest absolute Gasteiger partial charge is 0.320 e. The maximum Gasteiger partial charge on any atom is 0.416 e. The Bertz CT molecular complexity index is 490. The summed E-state index contributed by atoms with van der Waals surface area (Å²) < 4.78 is 37.1. The number of nitro groups is 1. The van der Waals surface area contributed by atoms with Crippen LogP contribution in [0.1, 0.15) is 5.56 Å². The zero-order valence-corrected chi connectivity index (χ0v) is 10.2. The van der Waals surface area contributed by atoms with Crippen LogP contribution in [0.3, 0.4) is 0 Å². The molecule has 0 aliphatic heterocycles. The van der Waals surface area contributed by atoms with Crippen LogP contribution in [0, 0.1) is 10.1 Å². The fourth-order valence-electron chi connectivity index (χ4n) is 1.15. The Morgan fingerprint density at radius 1 is 1.44 bits per heavy atom. The molecule has 0 spiro atoms. The largest absolute Gasteiger partial charge is 0.416 e. The summed E-state index contributed by atoms with van der Waals surface area (Å²) >= 11 is 2.82. The highest BCUT2D eigenvalue weighted by Gasteiger charge is 2.33. The van der Waals surface area contributed by atoms with Gasteiger partial charge in [0.2, 0.25) is 5.91 Å². The van der Waals surface area contributed by atoms with E-state index >= 15 is 0 Å². The van der Waals surface area contributed by atoms with Crippen LogP contribution in [0.25, 0.3) is 0 Å². The first-order chi connectivity index (χ1) is 8.25. The van der Waals surface area contributed by atoms with Gasteiger partial charge in [-0.05, 0) is 12.1 Å². The van der Waals surface area contributed by atoms with Crippen molar-refractivity contribution in [3.8, 4) is 0 Å². The average molecular weight is 327 g/mol. The Balaban J connectivity index is 3.21. The second-order valence-electron chi connectivity index (χ2n) is 3.17. The van der Waals surface area contributed by atoms with Crippen molar-refractivity contribution >= 4 is 33.2 Å². The first-order valence-electron chi connectivity index (χ1n) is 4.47. The number of carbonyl (C=O) groups excluding carboxylic acids is 1. The van der Waals surface area contributed by atoms with Crippen molar-refractivity contribution in [2.75, 3.05) is 10.6 Å². The number of hydrogen-bond acceptors (Lipinski definition) is 3. The van der Waals surface area contributed by atoms with Crippen LogP contribution in [0.2, 0.25) is 0 Å². The number of nitro benzene ring substituents is 1. The number of rotatable bonds is 3. The van der Waals surface area contributed by atoms with E-state index in [1.807, 2.05) is 0 Å². The third-order valence-corrected chi connectivity index (χ3v) is 2.43. The van der Waals surface area contributed by atoms with Gasteiger partial charge in [-0.15, -0.1) is 0 Å². The SMILES string of the molecule is O=C(CBr)Nc1ccc(C(F)(F)F)cc1[N+](=O)[O-]. The van der Waals surface area contributed by atoms with E-state index in [2.05, 4.69) is 21.2 Å². The molecule has 0 saturated heterocycles. The fourth-order valence-corrected chi connectivity index (χ4v) is 1.29. The summed E-state index contributed by atoms with van der Waals surface area (Å²) in [6, 6.07) is 1.89. The molecular formula is C9H6BrF3N2O3. The molecule has 1 amide bonds. The highest BCUT2D eigenvalue weighted by Crippen LogP contribution is 2.34. The summed E-state index contributed by atoms with van der Waals surface area (Å²) in [4.78, 5) is 20.7. The van der Waals surface area contributed by atoms with Gasteiger partial charge in [-0.25, -0.2) is 0 Å². The van der Waals surface area contributed by atoms with Gasteiger partial charge in [-0.1, -0.05) is 15.9 Å². The first-order valence-corrected chi connectivity index (χ1v) is 5.59. The summed E-state index contributed by atoms with van der Waals surface area (Å²) in [5.74, 6) is -0.599. The number of halogens is 4. The Hall–Kier alpha value is -1.64. The maximum absolute atomic E-state index is 12.4. The quantitative estimate of drug-likeness (QED) is 0.527. The number of carbonyl (C=O) groups is 1. The lowest BCUT2D eigenvalue weighted by atomic mass is 10.1. The molecule has 0 radical (unpaired) electrons. The van der Waals surface area contributed by atoms with Gasteiger partial charge in [0.05, 0.1) is 15.8 Å². The lowest BCUT2D eigenvalue weighted by Gasteiger charge is -2.09. The molecule has 1 aromatic carbocycles. The zero-order chi connectivity index (χ0) is 13.9. The van der Waals surface area contributed by atoms with Gasteiger partial charge in [0.25, 0.3) is 5.69 Å². The Morgan fingerprint density at radius 2 is 2.06 bits per heavy atom. The summed E-state index contributed by atoms with van der Waals surface area (Å²) in [5.41, 5.74) is -2.23. The van der Waals surface area contributed by atoms with Gasteiger partial charge in [0.1, 0.15) is 5.69 Å². The van der Waals surface area contributed by atoms with Crippen molar-refractivity contribution in [2.24, 2.45) is 0 Å². The maximum atomic E-state index is 12.4. The molecule has 1 aromatic rings. The van der Waals surface area contributed by atoms with Gasteiger partial charge in [0.15, 0.2) is 0 Å². The summed E-state index contributed by atoms with van der Waals surface area (Å²) in [6.45, 7) is 0. The number of anilines is 1. The molecule has 0 atom stereocenters. The van der Waals surface area contributed by atoms with E-state index in [-0.39, 0.29) is 11.0 Å². The normalized spacial score (nSPS) is 11.1. The van der Waals surface area contributed by atoms with E-state index in [0.717, 1.165) is 6.07 Å². The number of alkyl halides is 4. The van der Waals surface area contributed by atoms with Crippen molar-refractivity contribution in [3.05, 3.63) is 33.9 Å². The highest BCUT2D eigenvalue weighted by molar-refractivity contribution is 9.09. The molecule has 0 bridgehead atoms. The van der Waals surface area contributed by atoms with E-state index in [1.165, 1.54) is 0 Å². The Labute approximate surface area is 107 Å². The molecule has 98 valence electrons. The van der Waals surface area contributed by atoms with Crippen LogP contribution in [0.15, 0.2) is 18.2 Å². The molecule has 5 nitrogen and oxygen atoms in total. The number of amides is 1. The molecular weight excluding hydrogens is 321 g/mol. The van der Waals surface area contributed by atoms with Crippen molar-refractivity contribution < 1.29 is 22.9 Å². The van der Waals surface area contributed by atoms with Crippen molar-refractivity contribution in [1.29, 1.82) is 0 Å². The summed E-state index contributed by atoms with van der Waals surface area (Å²) in [6.07, 6.45) is -4.68. The average Bonchev–Trinajstić information content (AvgIpc) is 2.27. The lowest BCUT2D eigenvalue weighted by molar-refractivity contribution is -0.384. The fraction of sp³-hybridized carbons (Fsp3) is 0.222. The minimum Gasteiger partial charge on any atom is -0.320 e. The second kappa shape index (κ2) is 5.34. The molecule has 0 unspecified atom stereocenters. The Morgan fingerprint density at radius 3 is 2.50 bits per heavy atom. The molecule has 1 rings (SSSR count). The molecule has 0 heterocycles. The molecule has 1 N–H and O–H groups in total. The third-order valence-electron chi connectivity index (χ3n) is 1.92. The van der Waals surface area contributed by atoms with Crippen LogP contribution in [-0.4, -0.2) is 16.2 Å². The van der Waals surface area contributed by atoms with Crippen LogP contribution in [0.5, 0.6) is 0 Å². The molecule has 0 aliphatic carbocycles. The number of nitrogens with one attached hydrogen (secondary N) is 1. The van der Waals surface area contributed by atoms with Gasteiger partial charge >= 0.3 is 6.18 Å². The zero-order valence-electron chi connectivity index (χ0n) is 8.62. The van der Waals surface area contributed by atoms with Gasteiger partial charge < -0.3 is 5.32 Å². The predicted octanol–water partition coefficient (Wildman–Crippen LogP) is 2.95. The second-order valence-corrected chi connectivity index (χ2v) is 3.73. The summed E-state index contributed by atoms with van der Waals surface area (Å²) in [7, 11) is 0. The minimum atomic E-state index is -4.68. The van der Waals surface area contributed by atoms with E-state index in [4.69, 9.17) is 0 Å². The van der Waals surface area contributed by atoms with Gasteiger partial charge in [-0.3, -0.25) is 14.9 Å². The topological polar surface area (TPSA) is 72.2 Å². The molecule has 0 aromatic heterocycles. The standard InChI is InChI=1S/C9H6BrF3N2O3/c10-4-8(16)14-6-2-1-5(9(11,12)13)3-7(6)15(17)18/h1-3H,4H2,(H,14,16). The summed E-state index contributed by atoms with van der Waals surface area (Å²) in [5, 5.41) is 12.7. The molecule has 9 heteroatoms. The lowest BCUT2D eigenvalue weighted by Crippen LogP contribution is -2.14. The monoisotopic (exact) mass is 326 g/mol. The van der Waals surface area contributed by atoms with Crippen molar-refractivity contribution in [3.63, 3.8) is 0 Å². The number of hydrogen-bond donors (Lipinski definition) is 1. The van der Waals surface area contributed by atoms with Crippen molar-refractivity contribution in [2.45, 2.75) is 6.18 Å². The molecule has 0 aliphatic rings. The molecule has 0 fully saturated rings. The van der Waals surface area contributed by atoms with Crippen LogP contribution >= 0.6 is 15.9 Å². The number of nitrogens with zero attached hydrogens (tertiary/aromatic N) is 1. The van der Waals surface area contributed by atoms with Crippen LogP contribution < -0.4 is 5.32 Å². The van der Waals surface area contributed by atoms with Gasteiger partial charge in [-0.2, -0.15) is 13.2 Å². The van der Waals surface area contributed by atoms with E-state index in [0.29, 0.717) is 12.1 Å². The van der Waals surface area contributed by atoms with Crippen molar-refractivity contribution in [1.82, 2.24) is 0 Å². The van der Waals surface area contributed by atoms with Gasteiger partial charge in [0, 0.05) is 6.07 Å². The van der Waals surface area contributed by atoms with E-state index in [9.17, 15) is 28.1 Å². The molecule has 18 heavy (non-hydrogen) atoms. The third kappa shape index (κ3) is 3.42. The highest BCUT2D eigenvalue weighted by atomic mass is 79.9. The number of benzene rings is 1. The predicted molar refractivity (Wildman–Crippen MR) is 60.5 cm³/mol. The van der Waals surface area contributed by atoms with E-state index < -0.39 is 28.3 Å². The van der Waals surface area contributed by atoms with Crippen LogP contribution in [-0.2, 0) is 11.0 Å². The van der Waals surface area contributed by atoms with E-state index in [1.54, 1.807) is 0 Å². The minimum absolute atomic E-state index is 0.120.